The molecule has 6 rings (SSSR count). The van der Waals surface area contributed by atoms with E-state index in [1.54, 1.807) is 61.8 Å². The fourth-order valence-electron chi connectivity index (χ4n) is 5.39. The number of rotatable bonds is 10. The molecule has 11 nitrogen and oxygen atoms in total. The third kappa shape index (κ3) is 6.95. The Morgan fingerprint density at radius 1 is 1.02 bits per heavy atom. The molecule has 1 fully saturated rings. The molecule has 11 heteroatoms. The van der Waals surface area contributed by atoms with E-state index in [-0.39, 0.29) is 17.6 Å². The van der Waals surface area contributed by atoms with Gasteiger partial charge in [0, 0.05) is 72.8 Å². The van der Waals surface area contributed by atoms with Gasteiger partial charge in [0.1, 0.15) is 5.69 Å². The topological polar surface area (TPSA) is 137 Å². The maximum atomic E-state index is 13.4. The SMILES string of the molecule is Cc1cc(C(=O)Nc2cccc(C(=O)c3ccc4c(C=Nc5ccc(NCCN6CCOCC6)cc5)c(O)[nH]c4c3)c2)n(C)n1. The molecule has 3 heterocycles. The number of anilines is 2. The van der Waals surface area contributed by atoms with E-state index in [0.29, 0.717) is 33.6 Å². The standard InChI is InChI=1S/C34H35N7O4/c1-22-18-31(40(2)39-22)34(44)37-27-5-3-4-23(19-27)32(42)24-6-11-28-29(33(43)38-30(28)20-24)21-36-26-9-7-25(8-10-26)35-12-13-41-14-16-45-17-15-41/h3-11,18-21,35,38,43H,12-17H2,1-2H3,(H,37,44). The second-order valence-corrected chi connectivity index (χ2v) is 11.0. The van der Waals surface area contributed by atoms with Crippen LogP contribution in [-0.2, 0) is 11.8 Å². The number of aliphatic imine (C=N–C) groups is 1. The van der Waals surface area contributed by atoms with Crippen molar-refractivity contribution in [2.75, 3.05) is 50.0 Å². The Balaban J connectivity index is 1.11. The van der Waals surface area contributed by atoms with Crippen molar-refractivity contribution in [3.63, 3.8) is 0 Å². The molecule has 5 aromatic rings. The summed E-state index contributed by atoms with van der Waals surface area (Å²) < 4.78 is 6.91. The Kier molecular flexibility index (Phi) is 8.72. The first kappa shape index (κ1) is 29.8. The number of H-pyrrole nitrogens is 1. The molecule has 0 spiro atoms. The molecule has 4 N–H and O–H groups in total. The van der Waals surface area contributed by atoms with E-state index in [9.17, 15) is 14.7 Å². The summed E-state index contributed by atoms with van der Waals surface area (Å²) in [6, 6.07) is 21.5. The molecule has 0 saturated carbocycles. The van der Waals surface area contributed by atoms with Gasteiger partial charge in [0.25, 0.3) is 5.91 Å². The van der Waals surface area contributed by atoms with Gasteiger partial charge in [-0.25, -0.2) is 0 Å². The van der Waals surface area contributed by atoms with Crippen LogP contribution in [-0.4, -0.2) is 82.1 Å². The van der Waals surface area contributed by atoms with Gasteiger partial charge in [-0.15, -0.1) is 0 Å². The molecule has 2 aromatic heterocycles. The summed E-state index contributed by atoms with van der Waals surface area (Å²) in [6.45, 7) is 7.16. The molecule has 1 saturated heterocycles. The number of hydrogen-bond donors (Lipinski definition) is 4. The highest BCUT2D eigenvalue weighted by atomic mass is 16.5. The highest BCUT2D eigenvalue weighted by Gasteiger charge is 2.16. The molecule has 0 unspecified atom stereocenters. The van der Waals surface area contributed by atoms with Gasteiger partial charge in [0.15, 0.2) is 11.7 Å². The number of hydrogen-bond acceptors (Lipinski definition) is 8. The molecule has 0 atom stereocenters. The minimum atomic E-state index is -0.313. The lowest BCUT2D eigenvalue weighted by molar-refractivity contribution is 0.0398. The zero-order valence-corrected chi connectivity index (χ0v) is 25.2. The largest absolute Gasteiger partial charge is 0.494 e. The number of ether oxygens (including phenoxy) is 1. The molecule has 230 valence electrons. The van der Waals surface area contributed by atoms with Gasteiger partial charge in [-0.1, -0.05) is 24.3 Å². The lowest BCUT2D eigenvalue weighted by atomic mass is 10.0. The minimum Gasteiger partial charge on any atom is -0.494 e. The third-order valence-electron chi connectivity index (χ3n) is 7.77. The molecule has 45 heavy (non-hydrogen) atoms. The van der Waals surface area contributed by atoms with E-state index < -0.39 is 0 Å². The van der Waals surface area contributed by atoms with Crippen LogP contribution in [0.25, 0.3) is 10.9 Å². The highest BCUT2D eigenvalue weighted by Crippen LogP contribution is 2.28. The lowest BCUT2D eigenvalue weighted by Crippen LogP contribution is -2.38. The molecule has 1 aliphatic heterocycles. The second-order valence-electron chi connectivity index (χ2n) is 11.0. The van der Waals surface area contributed by atoms with E-state index in [1.165, 1.54) is 4.68 Å². The third-order valence-corrected chi connectivity index (χ3v) is 7.77. The molecule has 1 aliphatic rings. The normalized spacial score (nSPS) is 13.8. The van der Waals surface area contributed by atoms with Crippen molar-refractivity contribution >= 4 is 45.9 Å². The number of fused-ring (bicyclic) bond motifs is 1. The van der Waals surface area contributed by atoms with Crippen LogP contribution in [0.4, 0.5) is 17.1 Å². The van der Waals surface area contributed by atoms with Crippen LogP contribution >= 0.6 is 0 Å². The van der Waals surface area contributed by atoms with Crippen molar-refractivity contribution in [2.24, 2.45) is 12.0 Å². The fraction of sp³-hybridized carbons (Fsp3) is 0.235. The van der Waals surface area contributed by atoms with Crippen molar-refractivity contribution in [3.05, 3.63) is 101 Å². The number of morpholine rings is 1. The van der Waals surface area contributed by atoms with E-state index >= 15 is 0 Å². The minimum absolute atomic E-state index is 0.0325. The smallest absolute Gasteiger partial charge is 0.273 e. The highest BCUT2D eigenvalue weighted by molar-refractivity contribution is 6.13. The summed E-state index contributed by atoms with van der Waals surface area (Å²) in [7, 11) is 1.71. The first-order valence-corrected chi connectivity index (χ1v) is 14.8. The van der Waals surface area contributed by atoms with Crippen LogP contribution in [0, 0.1) is 6.92 Å². The summed E-state index contributed by atoms with van der Waals surface area (Å²) in [6.07, 6.45) is 1.62. The average molecular weight is 606 g/mol. The second kappa shape index (κ2) is 13.2. The Bertz CT molecular complexity index is 1870. The quantitative estimate of drug-likeness (QED) is 0.131. The number of nitrogens with zero attached hydrogens (tertiary/aromatic N) is 4. The number of carbonyl (C=O) groups is 2. The number of aryl methyl sites for hydroxylation is 2. The Labute approximate surface area is 260 Å². The molecule has 1 amide bonds. The number of amides is 1. The molecular weight excluding hydrogens is 570 g/mol. The first-order valence-electron chi connectivity index (χ1n) is 14.8. The lowest BCUT2D eigenvalue weighted by Gasteiger charge is -2.26. The predicted octanol–water partition coefficient (Wildman–Crippen LogP) is 4.89. The zero-order valence-electron chi connectivity index (χ0n) is 25.2. The average Bonchev–Trinajstić information content (AvgIpc) is 3.56. The van der Waals surface area contributed by atoms with E-state index in [4.69, 9.17) is 4.74 Å². The van der Waals surface area contributed by atoms with Crippen LogP contribution < -0.4 is 10.6 Å². The number of aromatic hydroxyl groups is 1. The van der Waals surface area contributed by atoms with Gasteiger partial charge in [-0.05, 0) is 55.5 Å². The van der Waals surface area contributed by atoms with E-state index in [1.807, 2.05) is 31.2 Å². The number of carbonyl (C=O) groups excluding carboxylic acids is 2. The van der Waals surface area contributed by atoms with Crippen LogP contribution in [0.2, 0.25) is 0 Å². The number of ketones is 1. The van der Waals surface area contributed by atoms with Gasteiger partial charge in [-0.3, -0.25) is 24.2 Å². The van der Waals surface area contributed by atoms with Gasteiger partial charge >= 0.3 is 0 Å². The molecule has 0 aliphatic carbocycles. The Hall–Kier alpha value is -5.26. The van der Waals surface area contributed by atoms with Crippen LogP contribution in [0.1, 0.15) is 37.7 Å². The van der Waals surface area contributed by atoms with E-state index in [2.05, 4.69) is 30.6 Å². The van der Waals surface area contributed by atoms with Crippen molar-refractivity contribution in [1.82, 2.24) is 19.7 Å². The fourth-order valence-corrected chi connectivity index (χ4v) is 5.39. The van der Waals surface area contributed by atoms with Crippen molar-refractivity contribution < 1.29 is 19.4 Å². The van der Waals surface area contributed by atoms with Crippen LogP contribution in [0.5, 0.6) is 5.88 Å². The van der Waals surface area contributed by atoms with Gasteiger partial charge in [0.05, 0.1) is 30.2 Å². The van der Waals surface area contributed by atoms with Crippen molar-refractivity contribution in [1.29, 1.82) is 0 Å². The summed E-state index contributed by atoms with van der Waals surface area (Å²) >= 11 is 0. The summed E-state index contributed by atoms with van der Waals surface area (Å²) in [4.78, 5) is 36.0. The van der Waals surface area contributed by atoms with Crippen LogP contribution in [0.15, 0.2) is 77.8 Å². The van der Waals surface area contributed by atoms with E-state index in [0.717, 1.165) is 61.8 Å². The first-order chi connectivity index (χ1) is 21.8. The van der Waals surface area contributed by atoms with Crippen molar-refractivity contribution in [3.8, 4) is 5.88 Å². The summed E-state index contributed by atoms with van der Waals surface area (Å²) in [5.41, 5.74) is 5.43. The van der Waals surface area contributed by atoms with Crippen molar-refractivity contribution in [2.45, 2.75) is 6.92 Å². The van der Waals surface area contributed by atoms with Gasteiger partial charge in [0.2, 0.25) is 0 Å². The predicted molar refractivity (Wildman–Crippen MR) is 175 cm³/mol. The molecule has 0 radical (unpaired) electrons. The number of benzene rings is 3. The summed E-state index contributed by atoms with van der Waals surface area (Å²) in [5.74, 6) is -0.561. The summed E-state index contributed by atoms with van der Waals surface area (Å²) in [5, 5.41) is 21.9. The molecule has 0 bridgehead atoms. The number of aromatic nitrogens is 3. The Morgan fingerprint density at radius 2 is 1.80 bits per heavy atom. The van der Waals surface area contributed by atoms with Gasteiger partial charge < -0.3 is 25.5 Å². The maximum Gasteiger partial charge on any atom is 0.273 e. The zero-order chi connectivity index (χ0) is 31.3. The van der Waals surface area contributed by atoms with Crippen LogP contribution in [0.3, 0.4) is 0 Å². The monoisotopic (exact) mass is 605 g/mol. The molecular formula is C34H35N7O4. The number of aromatic amines is 1. The van der Waals surface area contributed by atoms with Gasteiger partial charge in [-0.2, -0.15) is 5.10 Å². The number of nitrogens with one attached hydrogen (secondary N) is 3. The maximum absolute atomic E-state index is 13.4. The Morgan fingerprint density at radius 3 is 2.56 bits per heavy atom. The molecule has 3 aromatic carbocycles.